The molecule has 0 saturated heterocycles. The van der Waals surface area contributed by atoms with Gasteiger partial charge in [-0.15, -0.1) is 5.10 Å². The lowest BCUT2D eigenvalue weighted by atomic mass is 10.1. The van der Waals surface area contributed by atoms with Crippen LogP contribution in [0, 0.1) is 11.6 Å². The molecule has 0 amide bonds. The molecule has 1 heterocycles. The van der Waals surface area contributed by atoms with Crippen LogP contribution in [0.25, 0.3) is 0 Å². The van der Waals surface area contributed by atoms with Crippen LogP contribution in [0.5, 0.6) is 0 Å². The van der Waals surface area contributed by atoms with Gasteiger partial charge in [-0.2, -0.15) is 0 Å². The van der Waals surface area contributed by atoms with E-state index in [0.717, 1.165) is 18.2 Å². The van der Waals surface area contributed by atoms with Gasteiger partial charge in [0.05, 0.1) is 6.54 Å². The lowest BCUT2D eigenvalue weighted by molar-refractivity contribution is 0.383. The Balaban J connectivity index is 1.92. The van der Waals surface area contributed by atoms with E-state index in [2.05, 4.69) is 20.8 Å². The molecule has 0 bridgehead atoms. The van der Waals surface area contributed by atoms with E-state index >= 15 is 0 Å². The summed E-state index contributed by atoms with van der Waals surface area (Å²) in [6.45, 7) is 6.57. The number of hydrogen-bond acceptors (Lipinski definition) is 5. The van der Waals surface area contributed by atoms with Crippen LogP contribution >= 0.6 is 0 Å². The smallest absolute Gasteiger partial charge is 0.315 e. The van der Waals surface area contributed by atoms with Gasteiger partial charge in [-0.25, -0.2) is 8.78 Å². The summed E-state index contributed by atoms with van der Waals surface area (Å²) in [5, 5.41) is 13.6. The van der Waals surface area contributed by atoms with E-state index < -0.39 is 11.6 Å². The summed E-state index contributed by atoms with van der Waals surface area (Å²) in [6.07, 6.45) is 0. The minimum atomic E-state index is -0.492. The first kappa shape index (κ1) is 15.4. The van der Waals surface area contributed by atoms with Crippen LogP contribution in [0.15, 0.2) is 22.6 Å². The summed E-state index contributed by atoms with van der Waals surface area (Å²) >= 11 is 0. The van der Waals surface area contributed by atoms with Crippen molar-refractivity contribution in [2.45, 2.75) is 39.4 Å². The van der Waals surface area contributed by atoms with Crippen molar-refractivity contribution in [3.8, 4) is 0 Å². The number of aromatic nitrogens is 2. The zero-order chi connectivity index (χ0) is 15.5. The first-order chi connectivity index (χ1) is 9.83. The molecule has 0 spiro atoms. The Morgan fingerprint density at radius 3 is 2.62 bits per heavy atom. The second-order valence-corrected chi connectivity index (χ2v) is 5.69. The molecule has 1 aromatic carbocycles. The molecule has 0 unspecified atom stereocenters. The Bertz CT molecular complexity index is 607. The van der Waals surface area contributed by atoms with Crippen LogP contribution in [0.4, 0.5) is 14.8 Å². The molecule has 2 N–H and O–H groups in total. The first-order valence-corrected chi connectivity index (χ1v) is 6.59. The molecule has 0 saturated carbocycles. The summed E-state index contributed by atoms with van der Waals surface area (Å²) in [7, 11) is 0. The Kier molecular flexibility index (Phi) is 4.52. The van der Waals surface area contributed by atoms with E-state index in [1.54, 1.807) is 0 Å². The second kappa shape index (κ2) is 6.17. The van der Waals surface area contributed by atoms with E-state index in [4.69, 9.17) is 4.42 Å². The molecule has 2 aromatic rings. The first-order valence-electron chi connectivity index (χ1n) is 6.59. The Hall–Kier alpha value is -2.02. The summed E-state index contributed by atoms with van der Waals surface area (Å²) in [4.78, 5) is 0. The van der Waals surface area contributed by atoms with Crippen molar-refractivity contribution < 1.29 is 13.2 Å². The highest BCUT2D eigenvalue weighted by molar-refractivity contribution is 5.25. The molecule has 2 rings (SSSR count). The number of anilines is 1. The molecule has 21 heavy (non-hydrogen) atoms. The third kappa shape index (κ3) is 4.78. The fraction of sp³-hybridized carbons (Fsp3) is 0.429. The van der Waals surface area contributed by atoms with Gasteiger partial charge in [-0.3, -0.25) is 0 Å². The van der Waals surface area contributed by atoms with E-state index in [-0.39, 0.29) is 23.7 Å². The van der Waals surface area contributed by atoms with Gasteiger partial charge in [0.1, 0.15) is 11.6 Å². The van der Waals surface area contributed by atoms with Gasteiger partial charge in [0.15, 0.2) is 0 Å². The summed E-state index contributed by atoms with van der Waals surface area (Å²) in [6, 6.07) is 3.45. The summed E-state index contributed by atoms with van der Waals surface area (Å²) in [5.41, 5.74) is 0.134. The average molecular weight is 296 g/mol. The topological polar surface area (TPSA) is 63.0 Å². The number of benzene rings is 1. The number of nitrogens with one attached hydrogen (secondary N) is 2. The van der Waals surface area contributed by atoms with Crippen molar-refractivity contribution in [1.82, 2.24) is 15.5 Å². The molecular weight excluding hydrogens is 278 g/mol. The van der Waals surface area contributed by atoms with Crippen LogP contribution < -0.4 is 10.6 Å². The van der Waals surface area contributed by atoms with E-state index in [1.165, 1.54) is 0 Å². The molecule has 0 aliphatic rings. The van der Waals surface area contributed by atoms with Crippen molar-refractivity contribution in [3.63, 3.8) is 0 Å². The average Bonchev–Trinajstić information content (AvgIpc) is 2.85. The maximum Gasteiger partial charge on any atom is 0.315 e. The molecule has 0 radical (unpaired) electrons. The van der Waals surface area contributed by atoms with Crippen LogP contribution in [0.3, 0.4) is 0 Å². The molecular formula is C14H18F2N4O. The highest BCUT2D eigenvalue weighted by Gasteiger charge is 2.12. The molecule has 0 aliphatic heterocycles. The maximum atomic E-state index is 13.4. The molecule has 1 aromatic heterocycles. The van der Waals surface area contributed by atoms with E-state index in [1.807, 2.05) is 20.8 Å². The SMILES string of the molecule is CC(C)(C)NCc1nnc(NCc2cc(F)ccc2F)o1. The maximum absolute atomic E-state index is 13.4. The normalized spacial score (nSPS) is 11.7. The third-order valence-electron chi connectivity index (χ3n) is 2.67. The van der Waals surface area contributed by atoms with Gasteiger partial charge in [0.25, 0.3) is 0 Å². The molecule has 0 atom stereocenters. The number of halogens is 2. The Morgan fingerprint density at radius 1 is 1.14 bits per heavy atom. The van der Waals surface area contributed by atoms with Crippen LogP contribution in [-0.4, -0.2) is 15.7 Å². The quantitative estimate of drug-likeness (QED) is 0.888. The van der Waals surface area contributed by atoms with Crippen molar-refractivity contribution >= 4 is 6.01 Å². The van der Waals surface area contributed by atoms with Gasteiger partial charge in [0, 0.05) is 17.6 Å². The fourth-order valence-corrected chi connectivity index (χ4v) is 1.59. The summed E-state index contributed by atoms with van der Waals surface area (Å²) in [5.74, 6) is -0.557. The highest BCUT2D eigenvalue weighted by Crippen LogP contribution is 2.13. The zero-order valence-corrected chi connectivity index (χ0v) is 12.2. The zero-order valence-electron chi connectivity index (χ0n) is 12.2. The van der Waals surface area contributed by atoms with E-state index in [9.17, 15) is 8.78 Å². The number of hydrogen-bond donors (Lipinski definition) is 2. The molecule has 0 aliphatic carbocycles. The van der Waals surface area contributed by atoms with Crippen LogP contribution in [-0.2, 0) is 13.1 Å². The Morgan fingerprint density at radius 2 is 1.90 bits per heavy atom. The van der Waals surface area contributed by atoms with Gasteiger partial charge >= 0.3 is 6.01 Å². The standard InChI is InChI=1S/C14H18F2N4O/c1-14(2,3)18-8-12-19-20-13(21-12)17-7-9-6-10(15)4-5-11(9)16/h4-6,18H,7-8H2,1-3H3,(H,17,20). The van der Waals surface area contributed by atoms with Crippen LogP contribution in [0.1, 0.15) is 32.2 Å². The second-order valence-electron chi connectivity index (χ2n) is 5.69. The monoisotopic (exact) mass is 296 g/mol. The van der Waals surface area contributed by atoms with Crippen molar-refractivity contribution in [3.05, 3.63) is 41.3 Å². The third-order valence-corrected chi connectivity index (χ3v) is 2.67. The predicted octanol–water partition coefficient (Wildman–Crippen LogP) is 2.85. The fourth-order valence-electron chi connectivity index (χ4n) is 1.59. The minimum Gasteiger partial charge on any atom is -0.407 e. The van der Waals surface area contributed by atoms with E-state index in [0.29, 0.717) is 12.4 Å². The predicted molar refractivity (Wildman–Crippen MR) is 74.6 cm³/mol. The van der Waals surface area contributed by atoms with Crippen molar-refractivity contribution in [1.29, 1.82) is 0 Å². The van der Waals surface area contributed by atoms with Crippen molar-refractivity contribution in [2.24, 2.45) is 0 Å². The van der Waals surface area contributed by atoms with Gasteiger partial charge in [-0.1, -0.05) is 5.10 Å². The van der Waals surface area contributed by atoms with Crippen LogP contribution in [0.2, 0.25) is 0 Å². The lowest BCUT2D eigenvalue weighted by Gasteiger charge is -2.18. The largest absolute Gasteiger partial charge is 0.407 e. The van der Waals surface area contributed by atoms with Gasteiger partial charge in [-0.05, 0) is 39.0 Å². The molecule has 114 valence electrons. The Labute approximate surface area is 121 Å². The molecule has 0 fully saturated rings. The molecule has 7 heteroatoms. The highest BCUT2D eigenvalue weighted by atomic mass is 19.1. The van der Waals surface area contributed by atoms with Gasteiger partial charge in [0.2, 0.25) is 5.89 Å². The van der Waals surface area contributed by atoms with Crippen molar-refractivity contribution in [2.75, 3.05) is 5.32 Å². The minimum absolute atomic E-state index is 0.0627. The number of nitrogens with zero attached hydrogens (tertiary/aromatic N) is 2. The lowest BCUT2D eigenvalue weighted by Crippen LogP contribution is -2.35. The molecule has 5 nitrogen and oxygen atoms in total. The van der Waals surface area contributed by atoms with Gasteiger partial charge < -0.3 is 15.1 Å². The number of rotatable bonds is 5. The summed E-state index contributed by atoms with van der Waals surface area (Å²) < 4.78 is 31.8.